The molecule has 0 radical (unpaired) electrons. The molecule has 2 fully saturated rings. The Bertz CT molecular complexity index is 463. The molecule has 2 heterocycles. The van der Waals surface area contributed by atoms with Gasteiger partial charge in [0.25, 0.3) is 0 Å². The number of anilines is 1. The van der Waals surface area contributed by atoms with Crippen molar-refractivity contribution in [3.05, 3.63) is 29.3 Å². The molecule has 0 spiro atoms. The van der Waals surface area contributed by atoms with Gasteiger partial charge in [-0.25, -0.2) is 0 Å². The van der Waals surface area contributed by atoms with E-state index in [9.17, 15) is 0 Å². The Morgan fingerprint density at radius 1 is 1.24 bits per heavy atom. The average Bonchev–Trinajstić information content (AvgIpc) is 2.48. The van der Waals surface area contributed by atoms with Crippen molar-refractivity contribution < 1.29 is 0 Å². The molecule has 3 nitrogen and oxygen atoms in total. The van der Waals surface area contributed by atoms with E-state index in [0.717, 1.165) is 31.2 Å². The summed E-state index contributed by atoms with van der Waals surface area (Å²) < 4.78 is 0. The normalized spacial score (nSPS) is 27.8. The summed E-state index contributed by atoms with van der Waals surface area (Å²) in [4.78, 5) is 5.08. The van der Waals surface area contributed by atoms with Crippen molar-refractivity contribution in [3.63, 3.8) is 0 Å². The van der Waals surface area contributed by atoms with Crippen LogP contribution in [0, 0.1) is 5.41 Å². The van der Waals surface area contributed by atoms with Gasteiger partial charge in [-0.15, -0.1) is 0 Å². The first-order chi connectivity index (χ1) is 10.1. The van der Waals surface area contributed by atoms with E-state index in [0.29, 0.717) is 5.41 Å². The van der Waals surface area contributed by atoms with Crippen molar-refractivity contribution in [2.45, 2.75) is 19.8 Å². The Balaban J connectivity index is 1.53. The van der Waals surface area contributed by atoms with Gasteiger partial charge in [0.15, 0.2) is 0 Å². The zero-order valence-electron chi connectivity index (χ0n) is 12.9. The molecule has 0 bridgehead atoms. The summed E-state index contributed by atoms with van der Waals surface area (Å²) in [6, 6.07) is 8.22. The third-order valence-corrected chi connectivity index (χ3v) is 5.07. The first-order valence-corrected chi connectivity index (χ1v) is 8.46. The zero-order valence-corrected chi connectivity index (χ0v) is 13.7. The van der Waals surface area contributed by atoms with E-state index in [-0.39, 0.29) is 0 Å². The number of halogens is 1. The van der Waals surface area contributed by atoms with E-state index in [2.05, 4.69) is 34.2 Å². The first kappa shape index (κ1) is 15.1. The molecule has 3 rings (SSSR count). The summed E-state index contributed by atoms with van der Waals surface area (Å²) in [6.07, 6.45) is 2.67. The Labute approximate surface area is 133 Å². The largest absolute Gasteiger partial charge is 0.369 e. The van der Waals surface area contributed by atoms with Gasteiger partial charge >= 0.3 is 0 Å². The molecule has 0 saturated carbocycles. The van der Waals surface area contributed by atoms with Crippen LogP contribution < -0.4 is 10.2 Å². The van der Waals surface area contributed by atoms with Crippen LogP contribution in [-0.2, 0) is 0 Å². The molecule has 0 aliphatic carbocycles. The first-order valence-electron chi connectivity index (χ1n) is 8.08. The van der Waals surface area contributed by atoms with Crippen LogP contribution in [-0.4, -0.2) is 50.7 Å². The van der Waals surface area contributed by atoms with Crippen molar-refractivity contribution >= 4 is 17.3 Å². The lowest BCUT2D eigenvalue weighted by atomic mass is 9.82. The van der Waals surface area contributed by atoms with Crippen molar-refractivity contribution in [2.24, 2.45) is 5.41 Å². The number of nitrogens with zero attached hydrogens (tertiary/aromatic N) is 2. The molecule has 21 heavy (non-hydrogen) atoms. The van der Waals surface area contributed by atoms with Gasteiger partial charge in [0, 0.05) is 50.0 Å². The standard InChI is InChI=1S/C17H26ClN3/c1-17(6-3-7-19-13-17)14-20-8-10-21(11-9-20)16-5-2-4-15(18)12-16/h2,4-5,12,19H,3,6-11,13-14H2,1H3. The number of rotatable bonds is 3. The quantitative estimate of drug-likeness (QED) is 0.926. The maximum absolute atomic E-state index is 6.10. The highest BCUT2D eigenvalue weighted by molar-refractivity contribution is 6.30. The molecule has 1 unspecified atom stereocenters. The summed E-state index contributed by atoms with van der Waals surface area (Å²) in [5, 5.41) is 4.38. The number of hydrogen-bond donors (Lipinski definition) is 1. The highest BCUT2D eigenvalue weighted by Crippen LogP contribution is 2.27. The molecule has 1 atom stereocenters. The second-order valence-corrected chi connectivity index (χ2v) is 7.27. The van der Waals surface area contributed by atoms with Gasteiger partial charge in [0.1, 0.15) is 0 Å². The van der Waals surface area contributed by atoms with Gasteiger partial charge in [-0.1, -0.05) is 24.6 Å². The maximum Gasteiger partial charge on any atom is 0.0426 e. The fourth-order valence-electron chi connectivity index (χ4n) is 3.63. The molecule has 2 aliphatic rings. The molecular formula is C17H26ClN3. The van der Waals surface area contributed by atoms with Crippen LogP contribution in [0.2, 0.25) is 5.02 Å². The molecular weight excluding hydrogens is 282 g/mol. The summed E-state index contributed by atoms with van der Waals surface area (Å²) in [5.41, 5.74) is 1.71. The lowest BCUT2D eigenvalue weighted by Crippen LogP contribution is -2.52. The number of piperidine rings is 1. The molecule has 2 saturated heterocycles. The number of benzene rings is 1. The fraction of sp³-hybridized carbons (Fsp3) is 0.647. The Morgan fingerprint density at radius 2 is 2.05 bits per heavy atom. The predicted octanol–water partition coefficient (Wildman–Crippen LogP) is 2.85. The predicted molar refractivity (Wildman–Crippen MR) is 90.3 cm³/mol. The van der Waals surface area contributed by atoms with E-state index < -0.39 is 0 Å². The smallest absolute Gasteiger partial charge is 0.0426 e. The van der Waals surface area contributed by atoms with Crippen LogP contribution in [0.5, 0.6) is 0 Å². The van der Waals surface area contributed by atoms with E-state index in [4.69, 9.17) is 11.6 Å². The monoisotopic (exact) mass is 307 g/mol. The van der Waals surface area contributed by atoms with Crippen LogP contribution in [0.25, 0.3) is 0 Å². The second kappa shape index (κ2) is 6.55. The van der Waals surface area contributed by atoms with Gasteiger partial charge in [-0.2, -0.15) is 0 Å². The fourth-order valence-corrected chi connectivity index (χ4v) is 3.82. The Hall–Kier alpha value is -0.770. The summed E-state index contributed by atoms with van der Waals surface area (Å²) >= 11 is 6.10. The minimum atomic E-state index is 0.455. The molecule has 1 aromatic rings. The van der Waals surface area contributed by atoms with E-state index in [1.807, 2.05) is 12.1 Å². The van der Waals surface area contributed by atoms with Crippen LogP contribution in [0.15, 0.2) is 24.3 Å². The van der Waals surface area contributed by atoms with Crippen molar-refractivity contribution in [1.82, 2.24) is 10.2 Å². The third-order valence-electron chi connectivity index (χ3n) is 4.84. The minimum Gasteiger partial charge on any atom is -0.369 e. The van der Waals surface area contributed by atoms with Crippen LogP contribution in [0.3, 0.4) is 0 Å². The molecule has 1 aromatic carbocycles. The molecule has 4 heteroatoms. The van der Waals surface area contributed by atoms with Crippen molar-refractivity contribution in [3.8, 4) is 0 Å². The van der Waals surface area contributed by atoms with E-state index >= 15 is 0 Å². The highest BCUT2D eigenvalue weighted by atomic mass is 35.5. The maximum atomic E-state index is 6.10. The number of hydrogen-bond acceptors (Lipinski definition) is 3. The van der Waals surface area contributed by atoms with Gasteiger partial charge < -0.3 is 10.2 Å². The minimum absolute atomic E-state index is 0.455. The van der Waals surface area contributed by atoms with Gasteiger partial charge in [-0.05, 0) is 43.0 Å². The number of nitrogens with one attached hydrogen (secondary N) is 1. The van der Waals surface area contributed by atoms with E-state index in [1.54, 1.807) is 0 Å². The average molecular weight is 308 g/mol. The topological polar surface area (TPSA) is 18.5 Å². The molecule has 2 aliphatic heterocycles. The summed E-state index contributed by atoms with van der Waals surface area (Å²) in [5.74, 6) is 0. The SMILES string of the molecule is CC1(CN2CCN(c3cccc(Cl)c3)CC2)CCCNC1. The van der Waals surface area contributed by atoms with Gasteiger partial charge in [0.05, 0.1) is 0 Å². The summed E-state index contributed by atoms with van der Waals surface area (Å²) in [6.45, 7) is 10.5. The lowest BCUT2D eigenvalue weighted by molar-refractivity contribution is 0.128. The van der Waals surface area contributed by atoms with E-state index in [1.165, 1.54) is 38.2 Å². The van der Waals surface area contributed by atoms with Gasteiger partial charge in [-0.3, -0.25) is 4.90 Å². The Kier molecular flexibility index (Phi) is 4.72. The lowest BCUT2D eigenvalue weighted by Gasteiger charge is -2.42. The van der Waals surface area contributed by atoms with Gasteiger partial charge in [0.2, 0.25) is 0 Å². The molecule has 0 aromatic heterocycles. The second-order valence-electron chi connectivity index (χ2n) is 6.83. The third kappa shape index (κ3) is 3.91. The zero-order chi connectivity index (χ0) is 14.7. The summed E-state index contributed by atoms with van der Waals surface area (Å²) in [7, 11) is 0. The van der Waals surface area contributed by atoms with Crippen LogP contribution in [0.4, 0.5) is 5.69 Å². The van der Waals surface area contributed by atoms with Crippen LogP contribution in [0.1, 0.15) is 19.8 Å². The van der Waals surface area contributed by atoms with Crippen molar-refractivity contribution in [1.29, 1.82) is 0 Å². The molecule has 0 amide bonds. The van der Waals surface area contributed by atoms with Crippen LogP contribution >= 0.6 is 11.6 Å². The molecule has 1 N–H and O–H groups in total. The highest BCUT2D eigenvalue weighted by Gasteiger charge is 2.30. The van der Waals surface area contributed by atoms with Crippen molar-refractivity contribution in [2.75, 3.05) is 50.7 Å². The molecule has 116 valence electrons. The number of piperazine rings is 1. The Morgan fingerprint density at radius 3 is 2.71 bits per heavy atom.